The van der Waals surface area contributed by atoms with E-state index in [1.807, 2.05) is 12.1 Å². The second kappa shape index (κ2) is 5.68. The summed E-state index contributed by atoms with van der Waals surface area (Å²) in [6, 6.07) is 3.75. The summed E-state index contributed by atoms with van der Waals surface area (Å²) >= 11 is 0. The van der Waals surface area contributed by atoms with Crippen LogP contribution in [0, 0.1) is 5.92 Å². The van der Waals surface area contributed by atoms with Crippen molar-refractivity contribution in [2.45, 2.75) is 12.8 Å². The first-order valence-electron chi connectivity index (χ1n) is 6.05. The highest BCUT2D eigenvalue weighted by Crippen LogP contribution is 2.27. The summed E-state index contributed by atoms with van der Waals surface area (Å²) in [5.41, 5.74) is 7.01. The van der Waals surface area contributed by atoms with Gasteiger partial charge in [-0.2, -0.15) is 0 Å². The van der Waals surface area contributed by atoms with E-state index in [1.165, 1.54) is 0 Å². The van der Waals surface area contributed by atoms with Crippen molar-refractivity contribution in [2.75, 3.05) is 24.6 Å². The van der Waals surface area contributed by atoms with Crippen LogP contribution < -0.4 is 10.6 Å². The standard InChI is InChI=1S/C12H18N4O2/c13-12(15-18)11-10(2-1-5-14-11)16-6-3-9(8-16)4-7-17/h1-2,5,9,17-18H,3-4,6-8H2,(H2,13,15). The Hall–Kier alpha value is -1.82. The largest absolute Gasteiger partial charge is 0.409 e. The van der Waals surface area contributed by atoms with Gasteiger partial charge in [-0.1, -0.05) is 5.16 Å². The number of hydrogen-bond acceptors (Lipinski definition) is 5. The van der Waals surface area contributed by atoms with Gasteiger partial charge in [-0.3, -0.25) is 4.98 Å². The molecule has 98 valence electrons. The number of nitrogens with zero attached hydrogens (tertiary/aromatic N) is 3. The molecule has 1 atom stereocenters. The van der Waals surface area contributed by atoms with Gasteiger partial charge < -0.3 is 20.9 Å². The summed E-state index contributed by atoms with van der Waals surface area (Å²) < 4.78 is 0. The average Bonchev–Trinajstić information content (AvgIpc) is 2.87. The first-order chi connectivity index (χ1) is 8.76. The minimum atomic E-state index is 0.0243. The monoisotopic (exact) mass is 250 g/mol. The molecule has 1 fully saturated rings. The van der Waals surface area contributed by atoms with Crippen LogP contribution in [0.15, 0.2) is 23.5 Å². The minimum absolute atomic E-state index is 0.0243. The molecule has 0 bridgehead atoms. The lowest BCUT2D eigenvalue weighted by Gasteiger charge is -2.20. The first-order valence-corrected chi connectivity index (χ1v) is 6.05. The molecule has 0 aliphatic carbocycles. The van der Waals surface area contributed by atoms with Crippen LogP contribution in [0.25, 0.3) is 0 Å². The number of amidine groups is 1. The summed E-state index contributed by atoms with van der Waals surface area (Å²) in [5.74, 6) is 0.520. The van der Waals surface area contributed by atoms with Crippen molar-refractivity contribution in [3.63, 3.8) is 0 Å². The number of aliphatic hydroxyl groups excluding tert-OH is 1. The molecule has 0 aromatic carbocycles. The third kappa shape index (κ3) is 2.53. The highest BCUT2D eigenvalue weighted by molar-refractivity contribution is 6.00. The second-order valence-corrected chi connectivity index (χ2v) is 4.47. The number of aromatic nitrogens is 1. The van der Waals surface area contributed by atoms with Crippen LogP contribution in [-0.2, 0) is 0 Å². The summed E-state index contributed by atoms with van der Waals surface area (Å²) in [6.07, 6.45) is 3.49. The molecule has 0 radical (unpaired) electrons. The molecule has 0 amide bonds. The summed E-state index contributed by atoms with van der Waals surface area (Å²) in [4.78, 5) is 6.33. The lowest BCUT2D eigenvalue weighted by atomic mass is 10.1. The summed E-state index contributed by atoms with van der Waals surface area (Å²) in [5, 5.41) is 20.7. The van der Waals surface area contributed by atoms with E-state index in [2.05, 4.69) is 15.0 Å². The quantitative estimate of drug-likeness (QED) is 0.311. The zero-order chi connectivity index (χ0) is 13.0. The molecular weight excluding hydrogens is 232 g/mol. The maximum Gasteiger partial charge on any atom is 0.190 e. The zero-order valence-electron chi connectivity index (χ0n) is 10.2. The van der Waals surface area contributed by atoms with Crippen LogP contribution in [-0.4, -0.2) is 40.8 Å². The number of pyridine rings is 1. The average molecular weight is 250 g/mol. The molecule has 6 heteroatoms. The predicted octanol–water partition coefficient (Wildman–Crippen LogP) is 0.385. The second-order valence-electron chi connectivity index (χ2n) is 4.47. The van der Waals surface area contributed by atoms with Gasteiger partial charge in [-0.05, 0) is 30.9 Å². The van der Waals surface area contributed by atoms with Crippen LogP contribution >= 0.6 is 0 Å². The van der Waals surface area contributed by atoms with E-state index in [0.29, 0.717) is 11.6 Å². The van der Waals surface area contributed by atoms with Gasteiger partial charge in [0.1, 0.15) is 5.69 Å². The first kappa shape index (κ1) is 12.6. The number of hydrogen-bond donors (Lipinski definition) is 3. The van der Waals surface area contributed by atoms with Gasteiger partial charge in [-0.15, -0.1) is 0 Å². The van der Waals surface area contributed by atoms with Crippen LogP contribution in [0.3, 0.4) is 0 Å². The van der Waals surface area contributed by atoms with Crippen molar-refractivity contribution in [1.82, 2.24) is 4.98 Å². The van der Waals surface area contributed by atoms with Gasteiger partial charge >= 0.3 is 0 Å². The fourth-order valence-electron chi connectivity index (χ4n) is 2.37. The van der Waals surface area contributed by atoms with E-state index in [-0.39, 0.29) is 12.4 Å². The Balaban J connectivity index is 2.19. The fraction of sp³-hybridized carbons (Fsp3) is 0.500. The molecule has 0 saturated carbocycles. The minimum Gasteiger partial charge on any atom is -0.409 e. The molecule has 2 rings (SSSR count). The van der Waals surface area contributed by atoms with Gasteiger partial charge in [0.25, 0.3) is 0 Å². The maximum atomic E-state index is 8.96. The highest BCUT2D eigenvalue weighted by atomic mass is 16.4. The SMILES string of the molecule is N/C(=N/O)c1ncccc1N1CCC(CCO)C1. The normalized spacial score (nSPS) is 20.4. The topological polar surface area (TPSA) is 95.0 Å². The Bertz CT molecular complexity index is 436. The van der Waals surface area contributed by atoms with Crippen LogP contribution in [0.5, 0.6) is 0 Å². The van der Waals surface area contributed by atoms with E-state index in [9.17, 15) is 0 Å². The smallest absolute Gasteiger partial charge is 0.190 e. The maximum absolute atomic E-state index is 8.96. The van der Waals surface area contributed by atoms with E-state index in [0.717, 1.165) is 31.6 Å². The van der Waals surface area contributed by atoms with E-state index in [4.69, 9.17) is 16.0 Å². The van der Waals surface area contributed by atoms with Crippen molar-refractivity contribution in [1.29, 1.82) is 0 Å². The van der Waals surface area contributed by atoms with Gasteiger partial charge in [-0.25, -0.2) is 0 Å². The number of rotatable bonds is 4. The fourth-order valence-corrected chi connectivity index (χ4v) is 2.37. The summed E-state index contributed by atoms with van der Waals surface area (Å²) in [7, 11) is 0. The molecule has 1 saturated heterocycles. The Morgan fingerprint density at radius 2 is 2.44 bits per heavy atom. The van der Waals surface area contributed by atoms with Gasteiger partial charge in [0.05, 0.1) is 5.69 Å². The van der Waals surface area contributed by atoms with Gasteiger partial charge in [0.2, 0.25) is 0 Å². The number of nitrogens with two attached hydrogens (primary N) is 1. The molecule has 1 aliphatic heterocycles. The highest BCUT2D eigenvalue weighted by Gasteiger charge is 2.24. The Morgan fingerprint density at radius 3 is 3.17 bits per heavy atom. The van der Waals surface area contributed by atoms with Crippen molar-refractivity contribution >= 4 is 11.5 Å². The van der Waals surface area contributed by atoms with Crippen molar-refractivity contribution < 1.29 is 10.3 Å². The molecular formula is C12H18N4O2. The Morgan fingerprint density at radius 1 is 1.61 bits per heavy atom. The zero-order valence-corrected chi connectivity index (χ0v) is 10.2. The predicted molar refractivity (Wildman–Crippen MR) is 68.8 cm³/mol. The molecule has 1 aromatic rings. The molecule has 1 aromatic heterocycles. The van der Waals surface area contributed by atoms with Crippen LogP contribution in [0.1, 0.15) is 18.5 Å². The third-order valence-electron chi connectivity index (χ3n) is 3.30. The van der Waals surface area contributed by atoms with Gasteiger partial charge in [0, 0.05) is 25.9 Å². The molecule has 1 unspecified atom stereocenters. The Labute approximate surface area is 106 Å². The van der Waals surface area contributed by atoms with E-state index in [1.54, 1.807) is 6.20 Å². The van der Waals surface area contributed by atoms with Crippen molar-refractivity contribution in [2.24, 2.45) is 16.8 Å². The van der Waals surface area contributed by atoms with E-state index < -0.39 is 0 Å². The van der Waals surface area contributed by atoms with Crippen molar-refractivity contribution in [3.8, 4) is 0 Å². The Kier molecular flexibility index (Phi) is 3.99. The molecule has 4 N–H and O–H groups in total. The lowest BCUT2D eigenvalue weighted by molar-refractivity contribution is 0.263. The van der Waals surface area contributed by atoms with Gasteiger partial charge in [0.15, 0.2) is 5.84 Å². The molecule has 18 heavy (non-hydrogen) atoms. The molecule has 6 nitrogen and oxygen atoms in total. The van der Waals surface area contributed by atoms with Crippen LogP contribution in [0.4, 0.5) is 5.69 Å². The van der Waals surface area contributed by atoms with E-state index >= 15 is 0 Å². The number of oxime groups is 1. The van der Waals surface area contributed by atoms with Crippen molar-refractivity contribution in [3.05, 3.63) is 24.0 Å². The lowest BCUT2D eigenvalue weighted by Crippen LogP contribution is -2.25. The van der Waals surface area contributed by atoms with Crippen LogP contribution in [0.2, 0.25) is 0 Å². The summed E-state index contributed by atoms with van der Waals surface area (Å²) in [6.45, 7) is 2.00. The number of aliphatic hydroxyl groups is 1. The third-order valence-corrected chi connectivity index (χ3v) is 3.30. The molecule has 1 aliphatic rings. The molecule has 0 spiro atoms. The molecule has 2 heterocycles. The number of anilines is 1.